The van der Waals surface area contributed by atoms with Gasteiger partial charge in [-0.15, -0.1) is 0 Å². The highest BCUT2D eigenvalue weighted by molar-refractivity contribution is 9.10. The zero-order valence-electron chi connectivity index (χ0n) is 10.2. The SMILES string of the molecule is Nc1ccc(-c2noc(-c3cc(Cl)ccc3Br)n2)cc1. The Morgan fingerprint density at radius 3 is 2.60 bits per heavy atom. The molecule has 0 saturated heterocycles. The summed E-state index contributed by atoms with van der Waals surface area (Å²) in [5.74, 6) is 0.915. The Bertz CT molecular complexity index is 755. The first-order valence-corrected chi connectivity index (χ1v) is 6.95. The Hall–Kier alpha value is -1.85. The molecule has 0 amide bonds. The van der Waals surface area contributed by atoms with Crippen LogP contribution in [0.1, 0.15) is 0 Å². The fourth-order valence-electron chi connectivity index (χ4n) is 1.74. The molecule has 0 aliphatic heterocycles. The molecule has 2 N–H and O–H groups in total. The number of aromatic nitrogens is 2. The van der Waals surface area contributed by atoms with Crippen LogP contribution in [0, 0.1) is 0 Å². The van der Waals surface area contributed by atoms with Gasteiger partial charge in [0.1, 0.15) is 0 Å². The summed E-state index contributed by atoms with van der Waals surface area (Å²) in [5, 5.41) is 4.58. The molecule has 0 bridgehead atoms. The number of nitrogen functional groups attached to an aromatic ring is 1. The summed E-state index contributed by atoms with van der Waals surface area (Å²) >= 11 is 9.42. The van der Waals surface area contributed by atoms with Crippen molar-refractivity contribution in [2.24, 2.45) is 0 Å². The number of benzene rings is 2. The van der Waals surface area contributed by atoms with Gasteiger partial charge in [-0.05, 0) is 58.4 Å². The highest BCUT2D eigenvalue weighted by Gasteiger charge is 2.13. The van der Waals surface area contributed by atoms with Crippen LogP contribution in [-0.2, 0) is 0 Å². The molecule has 0 fully saturated rings. The van der Waals surface area contributed by atoms with E-state index in [-0.39, 0.29) is 0 Å². The number of anilines is 1. The minimum Gasteiger partial charge on any atom is -0.399 e. The van der Waals surface area contributed by atoms with Gasteiger partial charge in [0.15, 0.2) is 0 Å². The van der Waals surface area contributed by atoms with E-state index in [0.717, 1.165) is 15.6 Å². The summed E-state index contributed by atoms with van der Waals surface area (Å²) in [6, 6.07) is 12.7. The first-order valence-electron chi connectivity index (χ1n) is 5.78. The van der Waals surface area contributed by atoms with E-state index in [1.807, 2.05) is 18.2 Å². The lowest BCUT2D eigenvalue weighted by Crippen LogP contribution is -1.85. The number of nitrogens with two attached hydrogens (primary N) is 1. The highest BCUT2D eigenvalue weighted by Crippen LogP contribution is 2.31. The lowest BCUT2D eigenvalue weighted by atomic mass is 10.2. The molecule has 0 spiro atoms. The Morgan fingerprint density at radius 1 is 1.10 bits per heavy atom. The predicted molar refractivity (Wildman–Crippen MR) is 82.3 cm³/mol. The minimum absolute atomic E-state index is 0.409. The molecule has 0 aliphatic rings. The fraction of sp³-hybridized carbons (Fsp3) is 0. The lowest BCUT2D eigenvalue weighted by Gasteiger charge is -1.99. The molecule has 1 heterocycles. The fourth-order valence-corrected chi connectivity index (χ4v) is 2.33. The van der Waals surface area contributed by atoms with E-state index in [1.54, 1.807) is 24.3 Å². The first-order chi connectivity index (χ1) is 9.63. The van der Waals surface area contributed by atoms with Gasteiger partial charge in [-0.25, -0.2) is 0 Å². The third kappa shape index (κ3) is 2.55. The number of hydrogen-bond donors (Lipinski definition) is 1. The van der Waals surface area contributed by atoms with Crippen LogP contribution >= 0.6 is 27.5 Å². The topological polar surface area (TPSA) is 64.9 Å². The van der Waals surface area contributed by atoms with Gasteiger partial charge < -0.3 is 10.3 Å². The summed E-state index contributed by atoms with van der Waals surface area (Å²) in [6.07, 6.45) is 0. The molecule has 2 aromatic carbocycles. The van der Waals surface area contributed by atoms with E-state index in [9.17, 15) is 0 Å². The Kier molecular flexibility index (Phi) is 3.46. The average Bonchev–Trinajstić information content (AvgIpc) is 2.92. The summed E-state index contributed by atoms with van der Waals surface area (Å²) in [4.78, 5) is 4.38. The first kappa shape index (κ1) is 13.1. The zero-order chi connectivity index (χ0) is 14.1. The van der Waals surface area contributed by atoms with Crippen LogP contribution < -0.4 is 5.73 Å². The van der Waals surface area contributed by atoms with E-state index in [0.29, 0.717) is 22.4 Å². The van der Waals surface area contributed by atoms with Crippen molar-refractivity contribution in [3.8, 4) is 22.8 Å². The molecule has 0 unspecified atom stereocenters. The second kappa shape index (κ2) is 5.26. The number of halogens is 2. The predicted octanol–water partition coefficient (Wildman–Crippen LogP) is 4.40. The Morgan fingerprint density at radius 2 is 1.85 bits per heavy atom. The van der Waals surface area contributed by atoms with Gasteiger partial charge in [-0.2, -0.15) is 4.98 Å². The number of rotatable bonds is 2. The summed E-state index contributed by atoms with van der Waals surface area (Å²) < 4.78 is 6.13. The van der Waals surface area contributed by atoms with E-state index < -0.39 is 0 Å². The second-order valence-electron chi connectivity index (χ2n) is 4.17. The number of nitrogens with zero attached hydrogens (tertiary/aromatic N) is 2. The molecular weight excluding hydrogens is 342 g/mol. The number of hydrogen-bond acceptors (Lipinski definition) is 4. The molecule has 1 aromatic heterocycles. The van der Waals surface area contributed by atoms with Crippen LogP contribution in [0.15, 0.2) is 51.5 Å². The quantitative estimate of drug-likeness (QED) is 0.696. The minimum atomic E-state index is 0.409. The van der Waals surface area contributed by atoms with Gasteiger partial charge in [-0.1, -0.05) is 16.8 Å². The molecule has 20 heavy (non-hydrogen) atoms. The van der Waals surface area contributed by atoms with E-state index in [2.05, 4.69) is 26.1 Å². The van der Waals surface area contributed by atoms with Crippen LogP contribution in [-0.4, -0.2) is 10.1 Å². The van der Waals surface area contributed by atoms with Crippen molar-refractivity contribution >= 4 is 33.2 Å². The maximum atomic E-state index is 5.98. The Labute approximate surface area is 128 Å². The standard InChI is InChI=1S/C14H9BrClN3O/c15-12-6-3-9(16)7-11(12)14-18-13(19-20-14)8-1-4-10(17)5-2-8/h1-7H,17H2. The van der Waals surface area contributed by atoms with Gasteiger partial charge in [0.25, 0.3) is 5.89 Å². The molecule has 3 aromatic rings. The smallest absolute Gasteiger partial charge is 0.259 e. The molecule has 0 radical (unpaired) electrons. The van der Waals surface area contributed by atoms with E-state index in [4.69, 9.17) is 21.9 Å². The van der Waals surface area contributed by atoms with Crippen molar-refractivity contribution in [3.63, 3.8) is 0 Å². The Balaban J connectivity index is 2.01. The average molecular weight is 351 g/mol. The molecule has 3 rings (SSSR count). The normalized spacial score (nSPS) is 10.7. The van der Waals surface area contributed by atoms with Gasteiger partial charge in [0.05, 0.1) is 5.56 Å². The van der Waals surface area contributed by atoms with Crippen molar-refractivity contribution in [2.75, 3.05) is 5.73 Å². The van der Waals surface area contributed by atoms with Gasteiger partial charge >= 0.3 is 0 Å². The van der Waals surface area contributed by atoms with Crippen molar-refractivity contribution < 1.29 is 4.52 Å². The van der Waals surface area contributed by atoms with Crippen molar-refractivity contribution in [3.05, 3.63) is 52.0 Å². The maximum absolute atomic E-state index is 5.98. The molecule has 4 nitrogen and oxygen atoms in total. The summed E-state index contributed by atoms with van der Waals surface area (Å²) in [5.41, 5.74) is 7.94. The van der Waals surface area contributed by atoms with Crippen LogP contribution in [0.5, 0.6) is 0 Å². The van der Waals surface area contributed by atoms with E-state index >= 15 is 0 Å². The molecule has 100 valence electrons. The molecule has 0 saturated carbocycles. The monoisotopic (exact) mass is 349 g/mol. The van der Waals surface area contributed by atoms with Crippen LogP contribution in [0.3, 0.4) is 0 Å². The molecule has 6 heteroatoms. The maximum Gasteiger partial charge on any atom is 0.259 e. The third-order valence-corrected chi connectivity index (χ3v) is 3.68. The second-order valence-corrected chi connectivity index (χ2v) is 5.46. The lowest BCUT2D eigenvalue weighted by molar-refractivity contribution is 0.432. The van der Waals surface area contributed by atoms with Crippen molar-refractivity contribution in [1.29, 1.82) is 0 Å². The zero-order valence-corrected chi connectivity index (χ0v) is 12.5. The molecular formula is C14H9BrClN3O. The van der Waals surface area contributed by atoms with Crippen LogP contribution in [0.25, 0.3) is 22.8 Å². The highest BCUT2D eigenvalue weighted by atomic mass is 79.9. The van der Waals surface area contributed by atoms with Crippen LogP contribution in [0.2, 0.25) is 5.02 Å². The summed E-state index contributed by atoms with van der Waals surface area (Å²) in [6.45, 7) is 0. The van der Waals surface area contributed by atoms with Gasteiger partial charge in [0, 0.05) is 20.7 Å². The molecule has 0 aliphatic carbocycles. The van der Waals surface area contributed by atoms with Crippen molar-refractivity contribution in [1.82, 2.24) is 10.1 Å². The summed E-state index contributed by atoms with van der Waals surface area (Å²) in [7, 11) is 0. The molecule has 0 atom stereocenters. The van der Waals surface area contributed by atoms with Crippen LogP contribution in [0.4, 0.5) is 5.69 Å². The van der Waals surface area contributed by atoms with Crippen molar-refractivity contribution in [2.45, 2.75) is 0 Å². The largest absolute Gasteiger partial charge is 0.399 e. The van der Waals surface area contributed by atoms with Gasteiger partial charge in [-0.3, -0.25) is 0 Å². The third-order valence-electron chi connectivity index (χ3n) is 2.75. The van der Waals surface area contributed by atoms with E-state index in [1.165, 1.54) is 0 Å². The van der Waals surface area contributed by atoms with Gasteiger partial charge in [0.2, 0.25) is 5.82 Å².